The van der Waals surface area contributed by atoms with Crippen LogP contribution in [0.2, 0.25) is 0 Å². The number of benzene rings is 1. The van der Waals surface area contributed by atoms with E-state index >= 15 is 0 Å². The largest absolute Gasteiger partial charge is 0.463 e. The zero-order chi connectivity index (χ0) is 17.9. The normalized spacial score (nSPS) is 11.6. The minimum atomic E-state index is -3.79. The Kier molecular flexibility index (Phi) is 4.77. The molecular formula is C16H14FN3O4S. The predicted octanol–water partition coefficient (Wildman–Crippen LogP) is 1.62. The molecule has 0 saturated carbocycles. The Morgan fingerprint density at radius 3 is 2.56 bits per heavy atom. The Labute approximate surface area is 142 Å². The zero-order valence-corrected chi connectivity index (χ0v) is 13.7. The standard InChI is InChI=1S/C16H14FN3O4S/c17-12-3-5-13(6-4-12)25(22,23)18-9-10-20-16(21)8-7-14(19-20)15-2-1-11-24-15/h1-8,11,18H,9-10H2. The molecule has 0 bridgehead atoms. The molecule has 9 heteroatoms. The van der Waals surface area contributed by atoms with E-state index in [2.05, 4.69) is 9.82 Å². The second kappa shape index (κ2) is 6.99. The number of sulfonamides is 1. The molecule has 0 spiro atoms. The van der Waals surface area contributed by atoms with Crippen LogP contribution < -0.4 is 10.3 Å². The maximum absolute atomic E-state index is 12.9. The van der Waals surface area contributed by atoms with Crippen LogP contribution in [0.3, 0.4) is 0 Å². The first-order chi connectivity index (χ1) is 12.0. The molecule has 0 saturated heterocycles. The number of nitrogens with one attached hydrogen (secondary N) is 1. The summed E-state index contributed by atoms with van der Waals surface area (Å²) in [6.07, 6.45) is 1.49. The smallest absolute Gasteiger partial charge is 0.266 e. The molecule has 2 heterocycles. The van der Waals surface area contributed by atoms with Gasteiger partial charge in [-0.2, -0.15) is 5.10 Å². The minimum absolute atomic E-state index is 0.0355. The van der Waals surface area contributed by atoms with E-state index < -0.39 is 15.8 Å². The van der Waals surface area contributed by atoms with Gasteiger partial charge in [0.25, 0.3) is 5.56 Å². The van der Waals surface area contributed by atoms with E-state index in [0.29, 0.717) is 11.5 Å². The monoisotopic (exact) mass is 363 g/mol. The number of aromatic nitrogens is 2. The highest BCUT2D eigenvalue weighted by Gasteiger charge is 2.13. The van der Waals surface area contributed by atoms with Gasteiger partial charge in [0.05, 0.1) is 17.7 Å². The highest BCUT2D eigenvalue weighted by atomic mass is 32.2. The van der Waals surface area contributed by atoms with Crippen LogP contribution in [-0.4, -0.2) is 24.7 Å². The Bertz CT molecular complexity index is 1010. The van der Waals surface area contributed by atoms with Crippen LogP contribution in [0.15, 0.2) is 68.9 Å². The van der Waals surface area contributed by atoms with E-state index in [0.717, 1.165) is 16.8 Å². The van der Waals surface area contributed by atoms with Gasteiger partial charge in [0.15, 0.2) is 5.76 Å². The van der Waals surface area contributed by atoms with Crippen molar-refractivity contribution in [3.05, 3.63) is 71.0 Å². The molecule has 1 aromatic carbocycles. The molecule has 0 aliphatic carbocycles. The van der Waals surface area contributed by atoms with Crippen LogP contribution in [0.25, 0.3) is 11.5 Å². The number of furan rings is 1. The molecule has 0 aliphatic heterocycles. The van der Waals surface area contributed by atoms with Crippen molar-refractivity contribution in [2.45, 2.75) is 11.4 Å². The van der Waals surface area contributed by atoms with Gasteiger partial charge in [-0.05, 0) is 42.5 Å². The second-order valence-electron chi connectivity index (χ2n) is 5.11. The SMILES string of the molecule is O=c1ccc(-c2ccco2)nn1CCNS(=O)(=O)c1ccc(F)cc1. The first-order valence-corrected chi connectivity index (χ1v) is 8.81. The number of hydrogen-bond acceptors (Lipinski definition) is 5. The maximum atomic E-state index is 12.9. The molecule has 0 unspecified atom stereocenters. The summed E-state index contributed by atoms with van der Waals surface area (Å²) in [6.45, 7) is -0.0119. The van der Waals surface area contributed by atoms with Gasteiger partial charge < -0.3 is 4.42 Å². The fraction of sp³-hybridized carbons (Fsp3) is 0.125. The number of rotatable bonds is 6. The molecule has 0 atom stereocenters. The van der Waals surface area contributed by atoms with E-state index in [1.165, 1.54) is 30.5 Å². The summed E-state index contributed by atoms with van der Waals surface area (Å²) in [5.41, 5.74) is 0.0993. The van der Waals surface area contributed by atoms with Gasteiger partial charge in [0.2, 0.25) is 10.0 Å². The van der Waals surface area contributed by atoms with Crippen molar-refractivity contribution in [3.63, 3.8) is 0 Å². The lowest BCUT2D eigenvalue weighted by Crippen LogP contribution is -2.32. The van der Waals surface area contributed by atoms with Crippen LogP contribution in [-0.2, 0) is 16.6 Å². The third kappa shape index (κ3) is 4.01. The molecule has 0 amide bonds. The number of hydrogen-bond donors (Lipinski definition) is 1. The van der Waals surface area contributed by atoms with E-state index in [4.69, 9.17) is 4.42 Å². The van der Waals surface area contributed by atoms with Crippen molar-refractivity contribution in [2.75, 3.05) is 6.54 Å². The first kappa shape index (κ1) is 17.1. The molecule has 0 aliphatic rings. The fourth-order valence-corrected chi connectivity index (χ4v) is 3.17. The molecule has 2 aromatic heterocycles. The van der Waals surface area contributed by atoms with Crippen molar-refractivity contribution in [1.82, 2.24) is 14.5 Å². The third-order valence-electron chi connectivity index (χ3n) is 3.38. The van der Waals surface area contributed by atoms with Gasteiger partial charge in [0.1, 0.15) is 11.5 Å². The molecule has 3 rings (SSSR count). The summed E-state index contributed by atoms with van der Waals surface area (Å²) >= 11 is 0. The zero-order valence-electron chi connectivity index (χ0n) is 12.9. The minimum Gasteiger partial charge on any atom is -0.463 e. The highest BCUT2D eigenvalue weighted by Crippen LogP contribution is 2.15. The fourth-order valence-electron chi connectivity index (χ4n) is 2.15. The van der Waals surface area contributed by atoms with Gasteiger partial charge in [0, 0.05) is 12.6 Å². The van der Waals surface area contributed by atoms with Crippen molar-refractivity contribution < 1.29 is 17.2 Å². The van der Waals surface area contributed by atoms with Crippen molar-refractivity contribution >= 4 is 10.0 Å². The van der Waals surface area contributed by atoms with E-state index in [-0.39, 0.29) is 23.5 Å². The van der Waals surface area contributed by atoms with Crippen LogP contribution in [0.1, 0.15) is 0 Å². The van der Waals surface area contributed by atoms with Gasteiger partial charge in [-0.25, -0.2) is 22.2 Å². The molecule has 7 nitrogen and oxygen atoms in total. The lowest BCUT2D eigenvalue weighted by Gasteiger charge is -2.08. The Morgan fingerprint density at radius 1 is 1.12 bits per heavy atom. The van der Waals surface area contributed by atoms with Gasteiger partial charge >= 0.3 is 0 Å². The molecule has 0 fully saturated rings. The second-order valence-corrected chi connectivity index (χ2v) is 6.88. The Morgan fingerprint density at radius 2 is 1.88 bits per heavy atom. The van der Waals surface area contributed by atoms with Gasteiger partial charge in [-0.3, -0.25) is 4.79 Å². The molecule has 25 heavy (non-hydrogen) atoms. The van der Waals surface area contributed by atoms with Crippen LogP contribution in [0.4, 0.5) is 4.39 Å². The predicted molar refractivity (Wildman–Crippen MR) is 87.8 cm³/mol. The Balaban J connectivity index is 1.70. The first-order valence-electron chi connectivity index (χ1n) is 7.33. The van der Waals surface area contributed by atoms with E-state index in [9.17, 15) is 17.6 Å². The average Bonchev–Trinajstić information content (AvgIpc) is 3.11. The van der Waals surface area contributed by atoms with Crippen LogP contribution in [0, 0.1) is 5.82 Å². The topological polar surface area (TPSA) is 94.2 Å². The highest BCUT2D eigenvalue weighted by molar-refractivity contribution is 7.89. The molecule has 1 N–H and O–H groups in total. The van der Waals surface area contributed by atoms with E-state index in [1.54, 1.807) is 12.1 Å². The molecule has 0 radical (unpaired) electrons. The van der Waals surface area contributed by atoms with Crippen molar-refractivity contribution in [1.29, 1.82) is 0 Å². The Hall–Kier alpha value is -2.78. The molecule has 3 aromatic rings. The van der Waals surface area contributed by atoms with Crippen molar-refractivity contribution in [2.24, 2.45) is 0 Å². The lowest BCUT2D eigenvalue weighted by molar-refractivity contribution is 0.539. The average molecular weight is 363 g/mol. The number of nitrogens with zero attached hydrogens (tertiary/aromatic N) is 2. The quantitative estimate of drug-likeness (QED) is 0.718. The summed E-state index contributed by atoms with van der Waals surface area (Å²) in [5.74, 6) is -0.0231. The molecule has 130 valence electrons. The molecular weight excluding hydrogens is 349 g/mol. The van der Waals surface area contributed by atoms with Crippen molar-refractivity contribution in [3.8, 4) is 11.5 Å². The van der Waals surface area contributed by atoms with Crippen LogP contribution >= 0.6 is 0 Å². The summed E-state index contributed by atoms with van der Waals surface area (Å²) in [5, 5.41) is 4.14. The van der Waals surface area contributed by atoms with Gasteiger partial charge in [-0.15, -0.1) is 0 Å². The summed E-state index contributed by atoms with van der Waals surface area (Å²) < 4.78 is 45.8. The summed E-state index contributed by atoms with van der Waals surface area (Å²) in [6, 6.07) is 10.7. The maximum Gasteiger partial charge on any atom is 0.266 e. The summed E-state index contributed by atoms with van der Waals surface area (Å²) in [4.78, 5) is 11.8. The number of halogens is 1. The van der Waals surface area contributed by atoms with Gasteiger partial charge in [-0.1, -0.05) is 0 Å². The van der Waals surface area contributed by atoms with E-state index in [1.807, 2.05) is 0 Å². The van der Waals surface area contributed by atoms with Crippen LogP contribution in [0.5, 0.6) is 0 Å². The third-order valence-corrected chi connectivity index (χ3v) is 4.86. The lowest BCUT2D eigenvalue weighted by atomic mass is 10.3. The summed E-state index contributed by atoms with van der Waals surface area (Å²) in [7, 11) is -3.79.